The van der Waals surface area contributed by atoms with Crippen LogP contribution in [0, 0.1) is 0 Å². The van der Waals surface area contributed by atoms with Crippen LogP contribution >= 0.6 is 0 Å². The number of carbonyl (C=O) groups excluding carboxylic acids is 1. The van der Waals surface area contributed by atoms with Crippen molar-refractivity contribution in [3.8, 4) is 5.75 Å². The zero-order valence-corrected chi connectivity index (χ0v) is 12.2. The first kappa shape index (κ1) is 15.8. The van der Waals surface area contributed by atoms with Gasteiger partial charge < -0.3 is 25.6 Å². The van der Waals surface area contributed by atoms with Gasteiger partial charge >= 0.3 is 0 Å². The minimum Gasteiger partial charge on any atom is -0.497 e. The highest BCUT2D eigenvalue weighted by molar-refractivity contribution is 5.86. The molecular formula is C15H22N2O4. The maximum absolute atomic E-state index is 12.2. The average Bonchev–Trinajstić information content (AvgIpc) is 2.53. The van der Waals surface area contributed by atoms with Gasteiger partial charge in [0.2, 0.25) is 5.91 Å². The SMILES string of the molecule is COc1cccc(C(O)CNC(=O)C2(N)CCOCC2)c1. The van der Waals surface area contributed by atoms with E-state index in [0.717, 1.165) is 0 Å². The second-order valence-electron chi connectivity index (χ2n) is 5.27. The van der Waals surface area contributed by atoms with Gasteiger partial charge in [0, 0.05) is 19.8 Å². The Bertz CT molecular complexity index is 486. The quantitative estimate of drug-likeness (QED) is 0.728. The van der Waals surface area contributed by atoms with Crippen molar-refractivity contribution < 1.29 is 19.4 Å². The Balaban J connectivity index is 1.90. The van der Waals surface area contributed by atoms with Crippen molar-refractivity contribution in [3.05, 3.63) is 29.8 Å². The molecule has 1 aliphatic rings. The van der Waals surface area contributed by atoms with Crippen LogP contribution in [-0.2, 0) is 9.53 Å². The van der Waals surface area contributed by atoms with Crippen LogP contribution in [0.5, 0.6) is 5.75 Å². The molecule has 1 aliphatic heterocycles. The number of ether oxygens (including phenoxy) is 2. The van der Waals surface area contributed by atoms with E-state index in [2.05, 4.69) is 5.32 Å². The van der Waals surface area contributed by atoms with Crippen molar-refractivity contribution in [2.75, 3.05) is 26.9 Å². The number of aliphatic hydroxyl groups is 1. The number of nitrogens with two attached hydrogens (primary N) is 1. The Kier molecular flexibility index (Phi) is 5.17. The van der Waals surface area contributed by atoms with E-state index < -0.39 is 11.6 Å². The third-order valence-electron chi connectivity index (χ3n) is 3.77. The summed E-state index contributed by atoms with van der Waals surface area (Å²) >= 11 is 0. The average molecular weight is 294 g/mol. The molecule has 1 aromatic rings. The number of nitrogens with one attached hydrogen (secondary N) is 1. The highest BCUT2D eigenvalue weighted by Crippen LogP contribution is 2.20. The maximum Gasteiger partial charge on any atom is 0.240 e. The van der Waals surface area contributed by atoms with E-state index in [1.54, 1.807) is 31.4 Å². The van der Waals surface area contributed by atoms with E-state index in [1.165, 1.54) is 0 Å². The van der Waals surface area contributed by atoms with Crippen molar-refractivity contribution >= 4 is 5.91 Å². The number of amides is 1. The van der Waals surface area contributed by atoms with Crippen molar-refractivity contribution in [2.24, 2.45) is 5.73 Å². The van der Waals surface area contributed by atoms with Crippen LogP contribution in [0.15, 0.2) is 24.3 Å². The highest BCUT2D eigenvalue weighted by atomic mass is 16.5. The number of carbonyl (C=O) groups is 1. The number of hydrogen-bond acceptors (Lipinski definition) is 5. The second-order valence-corrected chi connectivity index (χ2v) is 5.27. The smallest absolute Gasteiger partial charge is 0.240 e. The molecule has 0 saturated carbocycles. The molecule has 1 heterocycles. The van der Waals surface area contributed by atoms with Crippen LogP contribution < -0.4 is 15.8 Å². The Morgan fingerprint density at radius 1 is 1.52 bits per heavy atom. The second kappa shape index (κ2) is 6.89. The molecular weight excluding hydrogens is 272 g/mol. The first-order chi connectivity index (χ1) is 10.0. The number of hydrogen-bond donors (Lipinski definition) is 3. The van der Waals surface area contributed by atoms with Crippen LogP contribution in [0.2, 0.25) is 0 Å². The molecule has 1 aromatic carbocycles. The molecule has 0 aliphatic carbocycles. The van der Waals surface area contributed by atoms with Crippen LogP contribution in [-0.4, -0.2) is 43.4 Å². The van der Waals surface area contributed by atoms with Crippen LogP contribution in [0.4, 0.5) is 0 Å². The molecule has 0 aromatic heterocycles. The molecule has 1 unspecified atom stereocenters. The molecule has 0 radical (unpaired) electrons. The van der Waals surface area contributed by atoms with Gasteiger partial charge in [0.25, 0.3) is 0 Å². The monoisotopic (exact) mass is 294 g/mol. The zero-order chi connectivity index (χ0) is 15.3. The normalized spacial score (nSPS) is 18.8. The lowest BCUT2D eigenvalue weighted by Crippen LogP contribution is -2.57. The molecule has 1 amide bonds. The van der Waals surface area contributed by atoms with E-state index >= 15 is 0 Å². The van der Waals surface area contributed by atoms with Gasteiger partial charge in [-0.05, 0) is 30.5 Å². The molecule has 6 nitrogen and oxygen atoms in total. The zero-order valence-electron chi connectivity index (χ0n) is 12.2. The van der Waals surface area contributed by atoms with E-state index in [-0.39, 0.29) is 12.5 Å². The molecule has 1 fully saturated rings. The Morgan fingerprint density at radius 3 is 2.90 bits per heavy atom. The molecule has 116 valence electrons. The van der Waals surface area contributed by atoms with Crippen molar-refractivity contribution in [3.63, 3.8) is 0 Å². The first-order valence-electron chi connectivity index (χ1n) is 7.02. The summed E-state index contributed by atoms with van der Waals surface area (Å²) in [5.41, 5.74) is 5.87. The van der Waals surface area contributed by atoms with Gasteiger partial charge in [0.15, 0.2) is 0 Å². The molecule has 0 bridgehead atoms. The highest BCUT2D eigenvalue weighted by Gasteiger charge is 2.35. The Labute approximate surface area is 124 Å². The van der Waals surface area contributed by atoms with Gasteiger partial charge in [0.05, 0.1) is 18.8 Å². The summed E-state index contributed by atoms with van der Waals surface area (Å²) in [5, 5.41) is 12.9. The van der Waals surface area contributed by atoms with E-state index in [9.17, 15) is 9.90 Å². The van der Waals surface area contributed by atoms with Gasteiger partial charge in [-0.15, -0.1) is 0 Å². The van der Waals surface area contributed by atoms with Crippen molar-refractivity contribution in [1.29, 1.82) is 0 Å². The molecule has 0 spiro atoms. The fourth-order valence-electron chi connectivity index (χ4n) is 2.29. The van der Waals surface area contributed by atoms with E-state index in [4.69, 9.17) is 15.2 Å². The lowest BCUT2D eigenvalue weighted by molar-refractivity contribution is -0.130. The third kappa shape index (κ3) is 3.93. The summed E-state index contributed by atoms with van der Waals surface area (Å²) in [4.78, 5) is 12.2. The van der Waals surface area contributed by atoms with Gasteiger partial charge in [-0.2, -0.15) is 0 Å². The lowest BCUT2D eigenvalue weighted by Gasteiger charge is -2.32. The fraction of sp³-hybridized carbons (Fsp3) is 0.533. The third-order valence-corrected chi connectivity index (χ3v) is 3.77. The van der Waals surface area contributed by atoms with E-state index in [1.807, 2.05) is 0 Å². The first-order valence-corrected chi connectivity index (χ1v) is 7.02. The molecule has 2 rings (SSSR count). The standard InChI is InChI=1S/C15H22N2O4/c1-20-12-4-2-3-11(9-12)13(18)10-17-14(19)15(16)5-7-21-8-6-15/h2-4,9,13,18H,5-8,10,16H2,1H3,(H,17,19). The largest absolute Gasteiger partial charge is 0.497 e. The summed E-state index contributed by atoms with van der Waals surface area (Å²) in [7, 11) is 1.57. The Hall–Kier alpha value is -1.63. The van der Waals surface area contributed by atoms with Crippen LogP contribution in [0.3, 0.4) is 0 Å². The summed E-state index contributed by atoms with van der Waals surface area (Å²) < 4.78 is 10.3. The summed E-state index contributed by atoms with van der Waals surface area (Å²) in [6.45, 7) is 1.09. The topological polar surface area (TPSA) is 93.8 Å². The number of aliphatic hydroxyl groups excluding tert-OH is 1. The number of rotatable bonds is 5. The molecule has 21 heavy (non-hydrogen) atoms. The molecule has 1 saturated heterocycles. The fourth-order valence-corrected chi connectivity index (χ4v) is 2.29. The predicted molar refractivity (Wildman–Crippen MR) is 77.9 cm³/mol. The van der Waals surface area contributed by atoms with Crippen molar-refractivity contribution in [2.45, 2.75) is 24.5 Å². The van der Waals surface area contributed by atoms with Crippen LogP contribution in [0.25, 0.3) is 0 Å². The van der Waals surface area contributed by atoms with Crippen LogP contribution in [0.1, 0.15) is 24.5 Å². The lowest BCUT2D eigenvalue weighted by atomic mass is 9.90. The summed E-state index contributed by atoms with van der Waals surface area (Å²) in [6, 6.07) is 7.11. The minimum absolute atomic E-state index is 0.117. The van der Waals surface area contributed by atoms with Crippen molar-refractivity contribution in [1.82, 2.24) is 5.32 Å². The molecule has 1 atom stereocenters. The van der Waals surface area contributed by atoms with Gasteiger partial charge in [0.1, 0.15) is 5.75 Å². The summed E-state index contributed by atoms with van der Waals surface area (Å²) in [5.74, 6) is 0.422. The minimum atomic E-state index is -0.896. The predicted octanol–water partition coefficient (Wildman–Crippen LogP) is 0.353. The maximum atomic E-state index is 12.2. The van der Waals surface area contributed by atoms with Gasteiger partial charge in [-0.3, -0.25) is 4.79 Å². The molecule has 4 N–H and O–H groups in total. The summed E-state index contributed by atoms with van der Waals surface area (Å²) in [6.07, 6.45) is 0.190. The Morgan fingerprint density at radius 2 is 2.24 bits per heavy atom. The van der Waals surface area contributed by atoms with E-state index in [0.29, 0.717) is 37.4 Å². The number of benzene rings is 1. The van der Waals surface area contributed by atoms with Gasteiger partial charge in [-0.25, -0.2) is 0 Å². The van der Waals surface area contributed by atoms with Gasteiger partial charge in [-0.1, -0.05) is 12.1 Å². The molecule has 6 heteroatoms. The number of methoxy groups -OCH3 is 1.